The maximum Gasteiger partial charge on any atom is 0.290 e. The largest absolute Gasteiger partial charge is 0.483 e. The summed E-state index contributed by atoms with van der Waals surface area (Å²) in [5, 5.41) is 18.5. The second-order valence-electron chi connectivity index (χ2n) is 6.79. The Labute approximate surface area is 155 Å². The van der Waals surface area contributed by atoms with E-state index in [-0.39, 0.29) is 24.3 Å². The van der Waals surface area contributed by atoms with Crippen molar-refractivity contribution in [3.8, 4) is 11.3 Å². The molecule has 0 saturated carbocycles. The van der Waals surface area contributed by atoms with E-state index in [1.165, 1.54) is 0 Å². The van der Waals surface area contributed by atoms with Crippen molar-refractivity contribution in [3.05, 3.63) is 42.3 Å². The van der Waals surface area contributed by atoms with E-state index in [0.29, 0.717) is 11.7 Å². The number of nitrogens with zero attached hydrogens (tertiary/aromatic N) is 2. The van der Waals surface area contributed by atoms with Gasteiger partial charge in [0.1, 0.15) is 11.5 Å². The summed E-state index contributed by atoms with van der Waals surface area (Å²) >= 11 is 0. The highest BCUT2D eigenvalue weighted by molar-refractivity contribution is 6.09. The quantitative estimate of drug-likeness (QED) is 0.477. The van der Waals surface area contributed by atoms with Crippen LogP contribution in [0.15, 0.2) is 41.0 Å². The summed E-state index contributed by atoms with van der Waals surface area (Å²) in [5.41, 5.74) is 2.33. The number of likely N-dealkylation sites (N-methyl/N-ethyl adjacent to an activating group) is 1. The number of likely N-dealkylation sites (tertiary alicyclic amines) is 1. The number of Topliss-reactive ketones (excluding diaryl/α,β-unsaturated/α-hetero) is 1. The molecular formula is C19H20N4O4. The summed E-state index contributed by atoms with van der Waals surface area (Å²) in [6.07, 6.45) is 2.68. The zero-order valence-corrected chi connectivity index (χ0v) is 14.8. The Morgan fingerprint density at radius 2 is 2.22 bits per heavy atom. The first-order valence-electron chi connectivity index (χ1n) is 8.73. The summed E-state index contributed by atoms with van der Waals surface area (Å²) in [4.78, 5) is 23.7. The molecule has 1 aromatic carbocycles. The summed E-state index contributed by atoms with van der Waals surface area (Å²) in [6.45, 7) is 0.717. The molecule has 0 radical (unpaired) electrons. The molecule has 8 heteroatoms. The molecule has 2 bridgehead atoms. The van der Waals surface area contributed by atoms with Crippen LogP contribution in [0.4, 0.5) is 0 Å². The Morgan fingerprint density at radius 1 is 1.41 bits per heavy atom. The lowest BCUT2D eigenvalue weighted by Gasteiger charge is -2.30. The number of rotatable bonds is 3. The van der Waals surface area contributed by atoms with Crippen LogP contribution >= 0.6 is 0 Å². The van der Waals surface area contributed by atoms with Gasteiger partial charge in [-0.2, -0.15) is 5.10 Å². The molecule has 5 rings (SSSR count). The van der Waals surface area contributed by atoms with Crippen LogP contribution in [-0.4, -0.2) is 64.2 Å². The van der Waals surface area contributed by atoms with Crippen LogP contribution < -0.4 is 5.32 Å². The zero-order chi connectivity index (χ0) is 19.0. The molecule has 2 aliphatic heterocycles. The van der Waals surface area contributed by atoms with Gasteiger partial charge in [0.05, 0.1) is 17.8 Å². The van der Waals surface area contributed by atoms with Crippen LogP contribution in [0.1, 0.15) is 16.9 Å². The number of carbonyl (C=O) groups is 2. The van der Waals surface area contributed by atoms with Gasteiger partial charge in [0, 0.05) is 29.6 Å². The van der Waals surface area contributed by atoms with Crippen LogP contribution in [0, 0.1) is 0 Å². The molecule has 3 atom stereocenters. The highest BCUT2D eigenvalue weighted by Gasteiger charge is 2.48. The second-order valence-corrected chi connectivity index (χ2v) is 6.79. The number of nitrogens with one attached hydrogen (secondary N) is 2. The van der Waals surface area contributed by atoms with Gasteiger partial charge in [-0.3, -0.25) is 19.6 Å². The van der Waals surface area contributed by atoms with Crippen LogP contribution in [0.3, 0.4) is 0 Å². The molecule has 4 heterocycles. The number of fused-ring (bicyclic) bond motifs is 3. The van der Waals surface area contributed by atoms with Gasteiger partial charge < -0.3 is 14.8 Å². The molecule has 0 aliphatic carbocycles. The number of carboxylic acid groups (broad SMARTS) is 1. The van der Waals surface area contributed by atoms with E-state index < -0.39 is 0 Å². The zero-order valence-electron chi connectivity index (χ0n) is 14.8. The van der Waals surface area contributed by atoms with Gasteiger partial charge in [0.15, 0.2) is 0 Å². The summed E-state index contributed by atoms with van der Waals surface area (Å²) in [7, 11) is 2.04. The Balaban J connectivity index is 0.000000565. The first-order valence-corrected chi connectivity index (χ1v) is 8.73. The molecule has 0 amide bonds. The van der Waals surface area contributed by atoms with Crippen LogP contribution in [-0.2, 0) is 4.79 Å². The lowest BCUT2D eigenvalue weighted by molar-refractivity contribution is -0.122. The van der Waals surface area contributed by atoms with Gasteiger partial charge in [0.25, 0.3) is 6.47 Å². The fourth-order valence-corrected chi connectivity index (χ4v) is 4.11. The van der Waals surface area contributed by atoms with E-state index in [1.807, 2.05) is 37.4 Å². The van der Waals surface area contributed by atoms with E-state index in [4.69, 9.17) is 14.3 Å². The van der Waals surface area contributed by atoms with E-state index in [1.54, 1.807) is 6.26 Å². The number of hydrogen-bond donors (Lipinski definition) is 3. The number of ketones is 1. The van der Waals surface area contributed by atoms with Gasteiger partial charge in [-0.15, -0.1) is 0 Å². The van der Waals surface area contributed by atoms with Crippen molar-refractivity contribution in [1.82, 2.24) is 20.4 Å². The van der Waals surface area contributed by atoms with E-state index in [9.17, 15) is 4.79 Å². The number of aromatic amines is 1. The van der Waals surface area contributed by atoms with Gasteiger partial charge >= 0.3 is 0 Å². The van der Waals surface area contributed by atoms with Crippen molar-refractivity contribution in [2.24, 2.45) is 0 Å². The van der Waals surface area contributed by atoms with Crippen LogP contribution in [0.5, 0.6) is 0 Å². The van der Waals surface area contributed by atoms with Gasteiger partial charge in [-0.25, -0.2) is 0 Å². The molecular weight excluding hydrogens is 348 g/mol. The minimum atomic E-state index is -0.250. The number of hydrogen-bond acceptors (Lipinski definition) is 6. The minimum absolute atomic E-state index is 0.0834. The number of benzene rings is 1. The number of H-pyrrole nitrogens is 1. The minimum Gasteiger partial charge on any atom is -0.483 e. The summed E-state index contributed by atoms with van der Waals surface area (Å²) in [5.74, 6) is 0.871. The Hall–Kier alpha value is -2.97. The average Bonchev–Trinajstić information content (AvgIpc) is 3.44. The monoisotopic (exact) mass is 368 g/mol. The van der Waals surface area contributed by atoms with Gasteiger partial charge in [0.2, 0.25) is 5.78 Å². The number of carbonyl (C=O) groups excluding carboxylic acids is 1. The van der Waals surface area contributed by atoms with E-state index in [2.05, 4.69) is 20.4 Å². The predicted molar refractivity (Wildman–Crippen MR) is 98.6 cm³/mol. The third kappa shape index (κ3) is 2.92. The Morgan fingerprint density at radius 3 is 2.89 bits per heavy atom. The molecule has 0 spiro atoms. The first-order chi connectivity index (χ1) is 13.1. The third-order valence-corrected chi connectivity index (χ3v) is 5.41. The molecule has 2 aromatic heterocycles. The smallest absolute Gasteiger partial charge is 0.290 e. The number of piperazine rings is 1. The predicted octanol–water partition coefficient (Wildman–Crippen LogP) is 1.75. The van der Waals surface area contributed by atoms with Crippen molar-refractivity contribution in [3.63, 3.8) is 0 Å². The number of furan rings is 1. The van der Waals surface area contributed by atoms with Crippen molar-refractivity contribution in [1.29, 1.82) is 0 Å². The molecule has 8 nitrogen and oxygen atoms in total. The molecule has 2 aliphatic rings. The van der Waals surface area contributed by atoms with Crippen LogP contribution in [0.2, 0.25) is 0 Å². The molecule has 3 N–H and O–H groups in total. The van der Waals surface area contributed by atoms with Gasteiger partial charge in [-0.1, -0.05) is 0 Å². The molecule has 2 saturated heterocycles. The highest BCUT2D eigenvalue weighted by atomic mass is 16.3. The average molecular weight is 368 g/mol. The highest BCUT2D eigenvalue weighted by Crippen LogP contribution is 2.32. The fraction of sp³-hybridized carbons (Fsp3) is 0.316. The first kappa shape index (κ1) is 17.4. The lowest BCUT2D eigenvalue weighted by atomic mass is 9.99. The normalized spacial score (nSPS) is 24.0. The Kier molecular flexibility index (Phi) is 4.51. The Bertz CT molecular complexity index is 963. The summed E-state index contributed by atoms with van der Waals surface area (Å²) < 4.78 is 5.47. The topological polar surface area (TPSA) is 111 Å². The maximum atomic E-state index is 13.1. The van der Waals surface area contributed by atoms with Crippen molar-refractivity contribution >= 4 is 23.2 Å². The molecule has 27 heavy (non-hydrogen) atoms. The molecule has 3 aromatic rings. The SMILES string of the molecule is CN1C(C(=O)c2n[nH]c3ccc(-c4ccco4)cc23)[C@H]2C[C@H]1CN2.O=CO. The van der Waals surface area contributed by atoms with Crippen molar-refractivity contribution in [2.45, 2.75) is 24.5 Å². The third-order valence-electron chi connectivity index (χ3n) is 5.41. The molecule has 2 fully saturated rings. The van der Waals surface area contributed by atoms with Crippen molar-refractivity contribution < 1.29 is 19.1 Å². The second kappa shape index (κ2) is 6.98. The number of aromatic nitrogens is 2. The van der Waals surface area contributed by atoms with Crippen LogP contribution in [0.25, 0.3) is 22.2 Å². The lowest BCUT2D eigenvalue weighted by Crippen LogP contribution is -2.53. The summed E-state index contributed by atoms with van der Waals surface area (Å²) in [6, 6.07) is 10.2. The van der Waals surface area contributed by atoms with Gasteiger partial charge in [-0.05, 0) is 43.8 Å². The van der Waals surface area contributed by atoms with Crippen molar-refractivity contribution in [2.75, 3.05) is 13.6 Å². The van der Waals surface area contributed by atoms with E-state index in [0.717, 1.165) is 35.2 Å². The molecule has 140 valence electrons. The fourth-order valence-electron chi connectivity index (χ4n) is 4.11. The standard InChI is InChI=1S/C18H18N4O2.CH2O2/c1-22-11-8-14(19-9-11)17(22)18(23)16-12-7-10(15-3-2-6-24-15)4-5-13(12)20-21-16;2-1-3/h2-7,11,14,17,19H,8-9H2,1H3,(H,20,21);1H,(H,2,3)/t11-,14+,17?;/m0./s1. The van der Waals surface area contributed by atoms with E-state index >= 15 is 0 Å². The molecule has 1 unspecified atom stereocenters. The maximum absolute atomic E-state index is 13.1.